The van der Waals surface area contributed by atoms with Crippen molar-refractivity contribution in [3.63, 3.8) is 0 Å². The molecule has 1 aliphatic heterocycles. The second kappa shape index (κ2) is 10.1. The van der Waals surface area contributed by atoms with Crippen LogP contribution in [0.4, 0.5) is 35.1 Å². The van der Waals surface area contributed by atoms with Crippen LogP contribution in [0.2, 0.25) is 0 Å². The van der Waals surface area contributed by atoms with Crippen molar-refractivity contribution >= 4 is 21.7 Å². The third-order valence-electron chi connectivity index (χ3n) is 9.90. The highest BCUT2D eigenvalue weighted by molar-refractivity contribution is 7.92. The Kier molecular flexibility index (Phi) is 7.42. The van der Waals surface area contributed by atoms with Crippen LogP contribution in [-0.4, -0.2) is 55.7 Å². The van der Waals surface area contributed by atoms with E-state index in [1.54, 1.807) is 0 Å². The van der Waals surface area contributed by atoms with Crippen molar-refractivity contribution in [3.8, 4) is 0 Å². The number of carboxylic acid groups (broad SMARTS) is 1. The van der Waals surface area contributed by atoms with Crippen molar-refractivity contribution in [2.45, 2.75) is 72.6 Å². The SMILES string of the molecule is O=C(O)C12CCC(C(=O)N3CC[C@](c4ccc(C(F)(C(F)(F)F)C(F)(F)F)cc4)(S(=O)(=O)c4ccc(F)cc4)C3)(CC1)CC2. The number of halogens is 8. The van der Waals surface area contributed by atoms with Crippen molar-refractivity contribution in [1.82, 2.24) is 4.90 Å². The lowest BCUT2D eigenvalue weighted by atomic mass is 9.53. The molecule has 2 aromatic carbocycles. The van der Waals surface area contributed by atoms with Gasteiger partial charge in [0.15, 0.2) is 9.84 Å². The Morgan fingerprint density at radius 1 is 0.727 bits per heavy atom. The van der Waals surface area contributed by atoms with E-state index in [-0.39, 0.29) is 69.2 Å². The second-order valence-electron chi connectivity index (χ2n) is 12.0. The molecule has 3 saturated carbocycles. The number of carbonyl (C=O) groups is 2. The van der Waals surface area contributed by atoms with Crippen molar-refractivity contribution in [2.75, 3.05) is 13.1 Å². The van der Waals surface area contributed by atoms with E-state index in [9.17, 15) is 58.2 Å². The zero-order chi connectivity index (χ0) is 32.6. The van der Waals surface area contributed by atoms with Crippen LogP contribution in [0.5, 0.6) is 0 Å². The fraction of sp³-hybridized carbons (Fsp3) is 0.517. The number of aliphatic carboxylic acids is 1. The van der Waals surface area contributed by atoms with Gasteiger partial charge in [0, 0.05) is 24.1 Å². The fourth-order valence-corrected chi connectivity index (χ4v) is 9.14. The molecule has 1 saturated heterocycles. The van der Waals surface area contributed by atoms with E-state index in [4.69, 9.17) is 0 Å². The lowest BCUT2D eigenvalue weighted by Crippen LogP contribution is -2.53. The van der Waals surface area contributed by atoms with E-state index in [2.05, 4.69) is 0 Å². The second-order valence-corrected chi connectivity index (χ2v) is 14.3. The molecule has 6 nitrogen and oxygen atoms in total. The number of likely N-dealkylation sites (tertiary alicyclic amines) is 1. The summed E-state index contributed by atoms with van der Waals surface area (Å²) in [5.74, 6) is -2.13. The molecule has 0 spiro atoms. The molecule has 4 fully saturated rings. The smallest absolute Gasteiger partial charge is 0.435 e. The number of carbonyl (C=O) groups excluding carboxylic acids is 1. The van der Waals surface area contributed by atoms with Crippen LogP contribution in [-0.2, 0) is 29.8 Å². The van der Waals surface area contributed by atoms with Gasteiger partial charge in [-0.3, -0.25) is 9.59 Å². The summed E-state index contributed by atoms with van der Waals surface area (Å²) in [4.78, 5) is 26.6. The molecule has 44 heavy (non-hydrogen) atoms. The number of nitrogens with zero attached hydrogens (tertiary/aromatic N) is 1. The summed E-state index contributed by atoms with van der Waals surface area (Å²) in [6.07, 6.45) is -11.5. The van der Waals surface area contributed by atoms with E-state index in [0.717, 1.165) is 24.3 Å². The molecular weight excluding hydrogens is 626 g/mol. The molecule has 1 atom stereocenters. The lowest BCUT2D eigenvalue weighted by molar-refractivity contribution is -0.348. The minimum atomic E-state index is -6.38. The number of alkyl halides is 7. The topological polar surface area (TPSA) is 91.8 Å². The number of rotatable bonds is 6. The van der Waals surface area contributed by atoms with Gasteiger partial charge in [-0.25, -0.2) is 17.2 Å². The minimum Gasteiger partial charge on any atom is -0.481 e. The number of hydrogen-bond acceptors (Lipinski definition) is 4. The van der Waals surface area contributed by atoms with E-state index in [0.29, 0.717) is 12.1 Å². The highest BCUT2D eigenvalue weighted by Gasteiger charge is 2.73. The summed E-state index contributed by atoms with van der Waals surface area (Å²) in [6, 6.07) is 5.46. The number of sulfone groups is 1. The Morgan fingerprint density at radius 2 is 1.20 bits per heavy atom. The lowest BCUT2D eigenvalue weighted by Gasteiger charge is -2.51. The first kappa shape index (κ1) is 32.2. The van der Waals surface area contributed by atoms with Crippen LogP contribution in [0.1, 0.15) is 56.1 Å². The van der Waals surface area contributed by atoms with Gasteiger partial charge in [0.05, 0.1) is 10.3 Å². The van der Waals surface area contributed by atoms with Gasteiger partial charge in [-0.15, -0.1) is 0 Å². The maximum absolute atomic E-state index is 14.7. The zero-order valence-corrected chi connectivity index (χ0v) is 23.8. The quantitative estimate of drug-likeness (QED) is 0.286. The Hall–Kier alpha value is -3.23. The average Bonchev–Trinajstić information content (AvgIpc) is 3.44. The monoisotopic (exact) mass is 653 g/mol. The highest BCUT2D eigenvalue weighted by Crippen LogP contribution is 2.59. The summed E-state index contributed by atoms with van der Waals surface area (Å²) in [7, 11) is -4.59. The van der Waals surface area contributed by atoms with E-state index in [1.807, 2.05) is 0 Å². The maximum Gasteiger partial charge on any atom is 0.435 e. The van der Waals surface area contributed by atoms with Crippen LogP contribution in [0.25, 0.3) is 0 Å². The molecule has 240 valence electrons. The van der Waals surface area contributed by atoms with Gasteiger partial charge in [-0.05, 0) is 74.8 Å². The molecule has 6 rings (SSSR count). The number of benzene rings is 2. The molecule has 1 N–H and O–H groups in total. The van der Waals surface area contributed by atoms with E-state index >= 15 is 0 Å². The third-order valence-corrected chi connectivity index (χ3v) is 12.4. The molecule has 4 aliphatic rings. The number of amides is 1. The van der Waals surface area contributed by atoms with Crippen molar-refractivity contribution < 1.29 is 58.2 Å². The third kappa shape index (κ3) is 4.59. The molecule has 0 unspecified atom stereocenters. The van der Waals surface area contributed by atoms with Crippen LogP contribution in [0, 0.1) is 16.6 Å². The molecular formula is C29H27F8NO5S. The zero-order valence-electron chi connectivity index (χ0n) is 22.9. The Morgan fingerprint density at radius 3 is 1.66 bits per heavy atom. The maximum atomic E-state index is 14.7. The molecule has 2 bridgehead atoms. The van der Waals surface area contributed by atoms with Crippen LogP contribution >= 0.6 is 0 Å². The van der Waals surface area contributed by atoms with Crippen molar-refractivity contribution in [3.05, 3.63) is 65.5 Å². The first-order chi connectivity index (χ1) is 20.2. The number of carboxylic acids is 1. The Labute approximate surface area is 247 Å². The van der Waals surface area contributed by atoms with Crippen molar-refractivity contribution in [1.29, 1.82) is 0 Å². The molecule has 1 amide bonds. The van der Waals surface area contributed by atoms with Gasteiger partial charge in [0.25, 0.3) is 0 Å². The summed E-state index contributed by atoms with van der Waals surface area (Å²) < 4.78 is 135. The van der Waals surface area contributed by atoms with Gasteiger partial charge < -0.3 is 10.0 Å². The minimum absolute atomic E-state index is 0.148. The summed E-state index contributed by atoms with van der Waals surface area (Å²) in [5.41, 5.74) is -9.67. The predicted octanol–water partition coefficient (Wildman–Crippen LogP) is 6.44. The van der Waals surface area contributed by atoms with Crippen LogP contribution < -0.4 is 0 Å². The molecule has 1 heterocycles. The van der Waals surface area contributed by atoms with Gasteiger partial charge in [-0.2, -0.15) is 26.3 Å². The molecule has 3 aliphatic carbocycles. The molecule has 0 radical (unpaired) electrons. The van der Waals surface area contributed by atoms with Gasteiger partial charge >= 0.3 is 24.0 Å². The first-order valence-electron chi connectivity index (χ1n) is 13.7. The van der Waals surface area contributed by atoms with Gasteiger partial charge in [0.2, 0.25) is 5.91 Å². The standard InChI is InChI=1S/C29H27F8NO5S/c30-20-5-7-21(8-6-20)44(42,43)26(18-1-3-19(4-2-18)27(31,28(32,33)34)29(35,36)37)15-16-38(17-26)22(39)24-9-12-25(13-10-24,14-11-24)23(40)41/h1-8H,9-17H2,(H,40,41)/t24?,25?,26-/m0/s1. The number of hydrogen-bond donors (Lipinski definition) is 1. The Bertz CT molecular complexity index is 1530. The summed E-state index contributed by atoms with van der Waals surface area (Å²) in [5, 5.41) is 9.68. The fourth-order valence-electron chi connectivity index (χ4n) is 7.06. The summed E-state index contributed by atoms with van der Waals surface area (Å²) in [6.45, 7) is -0.680. The normalized spacial score (nSPS) is 27.9. The molecule has 2 aromatic rings. The molecule has 15 heteroatoms. The van der Waals surface area contributed by atoms with Crippen molar-refractivity contribution in [2.24, 2.45) is 10.8 Å². The van der Waals surface area contributed by atoms with Gasteiger partial charge in [0.1, 0.15) is 10.6 Å². The first-order valence-corrected chi connectivity index (χ1v) is 15.2. The average molecular weight is 654 g/mol. The molecule has 0 aromatic heterocycles. The van der Waals surface area contributed by atoms with E-state index in [1.165, 1.54) is 4.90 Å². The largest absolute Gasteiger partial charge is 0.481 e. The highest BCUT2D eigenvalue weighted by atomic mass is 32.2. The predicted molar refractivity (Wildman–Crippen MR) is 138 cm³/mol. The van der Waals surface area contributed by atoms with Crippen LogP contribution in [0.3, 0.4) is 0 Å². The van der Waals surface area contributed by atoms with Gasteiger partial charge in [-0.1, -0.05) is 24.3 Å². The number of fused-ring (bicyclic) bond motifs is 3. The van der Waals surface area contributed by atoms with Crippen LogP contribution in [0.15, 0.2) is 53.4 Å². The Balaban J connectivity index is 1.55. The van der Waals surface area contributed by atoms with E-state index < -0.39 is 78.1 Å². The summed E-state index contributed by atoms with van der Waals surface area (Å²) >= 11 is 0.